The average molecular weight is 243 g/mol. The third kappa shape index (κ3) is 7.60. The first-order valence-electron chi connectivity index (χ1n) is 6.16. The summed E-state index contributed by atoms with van der Waals surface area (Å²) >= 11 is 0. The normalized spacial score (nSPS) is 12.4. The molecule has 3 amide bonds. The van der Waals surface area contributed by atoms with Gasteiger partial charge in [0.1, 0.15) is 0 Å². The summed E-state index contributed by atoms with van der Waals surface area (Å²) in [5.74, 6) is 0.383. The van der Waals surface area contributed by atoms with Gasteiger partial charge in [0.2, 0.25) is 5.91 Å². The lowest BCUT2D eigenvalue weighted by atomic mass is 10.1. The molecular weight excluding hydrogens is 218 g/mol. The fourth-order valence-corrected chi connectivity index (χ4v) is 0.990. The molecule has 5 nitrogen and oxygen atoms in total. The van der Waals surface area contributed by atoms with Crippen LogP contribution in [-0.4, -0.2) is 31.1 Å². The van der Waals surface area contributed by atoms with Crippen molar-refractivity contribution < 1.29 is 9.59 Å². The maximum atomic E-state index is 11.4. The number of carbonyl (C=O) groups excluding carboxylic acids is 2. The van der Waals surface area contributed by atoms with Gasteiger partial charge in [-0.25, -0.2) is 4.79 Å². The molecule has 17 heavy (non-hydrogen) atoms. The van der Waals surface area contributed by atoms with Gasteiger partial charge in [0.05, 0.1) is 0 Å². The number of hydrogen-bond acceptors (Lipinski definition) is 2. The second-order valence-electron chi connectivity index (χ2n) is 4.88. The van der Waals surface area contributed by atoms with Gasteiger partial charge in [-0.3, -0.25) is 4.79 Å². The van der Waals surface area contributed by atoms with Gasteiger partial charge in [0.25, 0.3) is 0 Å². The van der Waals surface area contributed by atoms with Crippen molar-refractivity contribution >= 4 is 11.9 Å². The first kappa shape index (κ1) is 15.7. The number of nitrogens with one attached hydrogen (secondary N) is 3. The minimum Gasteiger partial charge on any atom is -0.354 e. The molecule has 1 atom stereocenters. The van der Waals surface area contributed by atoms with Crippen LogP contribution in [0.3, 0.4) is 0 Å². The molecule has 0 radical (unpaired) electrons. The third-order valence-electron chi connectivity index (χ3n) is 2.59. The maximum absolute atomic E-state index is 11.4. The number of hydrogen-bond donors (Lipinski definition) is 3. The first-order chi connectivity index (χ1) is 7.84. The highest BCUT2D eigenvalue weighted by Gasteiger charge is 2.10. The molecule has 0 fully saturated rings. The topological polar surface area (TPSA) is 70.2 Å². The highest BCUT2D eigenvalue weighted by Crippen LogP contribution is 1.98. The lowest BCUT2D eigenvalue weighted by Crippen LogP contribution is -2.45. The predicted octanol–water partition coefficient (Wildman–Crippen LogP) is 1.10. The summed E-state index contributed by atoms with van der Waals surface area (Å²) in [6, 6.07) is -0.0507. The van der Waals surface area contributed by atoms with Crippen LogP contribution in [-0.2, 0) is 4.79 Å². The van der Waals surface area contributed by atoms with E-state index in [1.54, 1.807) is 0 Å². The van der Waals surface area contributed by atoms with Crippen LogP contribution in [0, 0.1) is 11.8 Å². The molecule has 0 heterocycles. The SMILES string of the molecule is CC(C)C(=O)NCCNC(=O)NC(C)C(C)C. The van der Waals surface area contributed by atoms with Crippen LogP contribution in [0.2, 0.25) is 0 Å². The lowest BCUT2D eigenvalue weighted by Gasteiger charge is -2.18. The van der Waals surface area contributed by atoms with Crippen molar-refractivity contribution in [1.82, 2.24) is 16.0 Å². The molecule has 0 bridgehead atoms. The van der Waals surface area contributed by atoms with Gasteiger partial charge in [0, 0.05) is 25.0 Å². The second-order valence-corrected chi connectivity index (χ2v) is 4.88. The van der Waals surface area contributed by atoms with Gasteiger partial charge >= 0.3 is 6.03 Å². The minimum absolute atomic E-state index is 0.00255. The molecule has 1 unspecified atom stereocenters. The molecule has 0 aliphatic rings. The maximum Gasteiger partial charge on any atom is 0.315 e. The van der Waals surface area contributed by atoms with Crippen LogP contribution in [0.1, 0.15) is 34.6 Å². The van der Waals surface area contributed by atoms with Crippen molar-refractivity contribution in [3.8, 4) is 0 Å². The Morgan fingerprint density at radius 2 is 1.47 bits per heavy atom. The van der Waals surface area contributed by atoms with E-state index in [1.165, 1.54) is 0 Å². The number of carbonyl (C=O) groups is 2. The summed E-state index contributed by atoms with van der Waals surface area (Å²) in [6.07, 6.45) is 0. The number of urea groups is 1. The van der Waals surface area contributed by atoms with Gasteiger partial charge < -0.3 is 16.0 Å². The average Bonchev–Trinajstić information content (AvgIpc) is 2.23. The molecule has 0 saturated carbocycles. The zero-order chi connectivity index (χ0) is 13.4. The molecule has 0 aliphatic carbocycles. The van der Waals surface area contributed by atoms with Crippen LogP contribution >= 0.6 is 0 Å². The van der Waals surface area contributed by atoms with Crippen molar-refractivity contribution in [3.05, 3.63) is 0 Å². The summed E-state index contributed by atoms with van der Waals surface area (Å²) in [4.78, 5) is 22.6. The standard InChI is InChI=1S/C12H25N3O2/c1-8(2)10(5)15-12(17)14-7-6-13-11(16)9(3)4/h8-10H,6-7H2,1-5H3,(H,13,16)(H2,14,15,17). The fourth-order valence-electron chi connectivity index (χ4n) is 0.990. The third-order valence-corrected chi connectivity index (χ3v) is 2.59. The summed E-state index contributed by atoms with van der Waals surface area (Å²) in [7, 11) is 0. The van der Waals surface area contributed by atoms with Crippen molar-refractivity contribution in [2.75, 3.05) is 13.1 Å². The van der Waals surface area contributed by atoms with E-state index in [0.29, 0.717) is 19.0 Å². The second kappa shape index (κ2) is 7.92. The van der Waals surface area contributed by atoms with E-state index in [4.69, 9.17) is 0 Å². The Labute approximate surface area is 104 Å². The molecule has 0 spiro atoms. The van der Waals surface area contributed by atoms with Crippen molar-refractivity contribution in [2.45, 2.75) is 40.7 Å². The summed E-state index contributed by atoms with van der Waals surface area (Å²) in [6.45, 7) is 10.6. The first-order valence-corrected chi connectivity index (χ1v) is 6.16. The van der Waals surface area contributed by atoms with E-state index in [1.807, 2.05) is 34.6 Å². The molecule has 0 aliphatic heterocycles. The van der Waals surface area contributed by atoms with E-state index in [2.05, 4.69) is 16.0 Å². The van der Waals surface area contributed by atoms with Crippen LogP contribution in [0.15, 0.2) is 0 Å². The van der Waals surface area contributed by atoms with Gasteiger partial charge in [-0.2, -0.15) is 0 Å². The van der Waals surface area contributed by atoms with Crippen LogP contribution in [0.5, 0.6) is 0 Å². The molecule has 0 aromatic rings. The largest absolute Gasteiger partial charge is 0.354 e. The number of amides is 3. The van der Waals surface area contributed by atoms with Crippen LogP contribution < -0.4 is 16.0 Å². The Kier molecular flexibility index (Phi) is 7.34. The van der Waals surface area contributed by atoms with Crippen molar-refractivity contribution in [3.63, 3.8) is 0 Å². The summed E-state index contributed by atoms with van der Waals surface area (Å²) in [5, 5.41) is 8.26. The van der Waals surface area contributed by atoms with Gasteiger partial charge in [-0.15, -0.1) is 0 Å². The number of rotatable bonds is 6. The fraction of sp³-hybridized carbons (Fsp3) is 0.833. The Bertz CT molecular complexity index is 252. The smallest absolute Gasteiger partial charge is 0.315 e. The van der Waals surface area contributed by atoms with E-state index in [9.17, 15) is 9.59 Å². The highest BCUT2D eigenvalue weighted by molar-refractivity contribution is 5.78. The monoisotopic (exact) mass is 243 g/mol. The summed E-state index contributed by atoms with van der Waals surface area (Å²) < 4.78 is 0. The Morgan fingerprint density at radius 1 is 0.941 bits per heavy atom. The summed E-state index contributed by atoms with van der Waals surface area (Å²) in [5.41, 5.74) is 0. The highest BCUT2D eigenvalue weighted by atomic mass is 16.2. The molecule has 5 heteroatoms. The van der Waals surface area contributed by atoms with Crippen molar-refractivity contribution in [1.29, 1.82) is 0 Å². The van der Waals surface area contributed by atoms with Gasteiger partial charge in [-0.05, 0) is 12.8 Å². The minimum atomic E-state index is -0.190. The molecule has 0 aromatic carbocycles. The van der Waals surface area contributed by atoms with E-state index >= 15 is 0 Å². The van der Waals surface area contributed by atoms with E-state index in [-0.39, 0.29) is 23.9 Å². The Balaban J connectivity index is 3.62. The van der Waals surface area contributed by atoms with Crippen LogP contribution in [0.4, 0.5) is 4.79 Å². The Hall–Kier alpha value is -1.26. The van der Waals surface area contributed by atoms with Crippen LogP contribution in [0.25, 0.3) is 0 Å². The molecule has 3 N–H and O–H groups in total. The van der Waals surface area contributed by atoms with E-state index < -0.39 is 0 Å². The zero-order valence-corrected chi connectivity index (χ0v) is 11.5. The molecule has 0 saturated heterocycles. The quantitative estimate of drug-likeness (QED) is 0.611. The van der Waals surface area contributed by atoms with Gasteiger partial charge in [0.15, 0.2) is 0 Å². The van der Waals surface area contributed by atoms with Crippen molar-refractivity contribution in [2.24, 2.45) is 11.8 Å². The van der Waals surface area contributed by atoms with E-state index in [0.717, 1.165) is 0 Å². The molecule has 0 aromatic heterocycles. The molecule has 100 valence electrons. The molecular formula is C12H25N3O2. The molecule has 0 rings (SSSR count). The van der Waals surface area contributed by atoms with Gasteiger partial charge in [-0.1, -0.05) is 27.7 Å². The zero-order valence-electron chi connectivity index (χ0n) is 11.5. The predicted molar refractivity (Wildman–Crippen MR) is 68.7 cm³/mol. The lowest BCUT2D eigenvalue weighted by molar-refractivity contribution is -0.123. The Morgan fingerprint density at radius 3 is 1.94 bits per heavy atom.